The van der Waals surface area contributed by atoms with Crippen LogP contribution in [0.15, 0.2) is 6.20 Å². The molecule has 0 unspecified atom stereocenters. The van der Waals surface area contributed by atoms with Crippen LogP contribution in [0.3, 0.4) is 0 Å². The number of aromatic nitrogens is 2. The molecule has 1 N–H and O–H groups in total. The van der Waals surface area contributed by atoms with Gasteiger partial charge >= 0.3 is 0 Å². The molecule has 0 aliphatic rings. The lowest BCUT2D eigenvalue weighted by molar-refractivity contribution is 0.0956. The number of rotatable bonds is 2. The Bertz CT molecular complexity index is 325. The summed E-state index contributed by atoms with van der Waals surface area (Å²) in [6.07, 6.45) is 1.47. The van der Waals surface area contributed by atoms with E-state index in [2.05, 4.69) is 15.3 Å². The highest BCUT2D eigenvalue weighted by atomic mass is 16.5. The van der Waals surface area contributed by atoms with Gasteiger partial charge in [0.2, 0.25) is 5.88 Å². The van der Waals surface area contributed by atoms with E-state index in [0.717, 1.165) is 0 Å². The maximum Gasteiger partial charge on any atom is 0.271 e. The highest BCUT2D eigenvalue weighted by molar-refractivity contribution is 5.93. The van der Waals surface area contributed by atoms with E-state index in [9.17, 15) is 4.79 Å². The molecule has 5 nitrogen and oxygen atoms in total. The summed E-state index contributed by atoms with van der Waals surface area (Å²) in [5.41, 5.74) is 0.877. The molecule has 0 fully saturated rings. The van der Waals surface area contributed by atoms with Gasteiger partial charge in [-0.2, -0.15) is 0 Å². The van der Waals surface area contributed by atoms with Crippen LogP contribution in [0.4, 0.5) is 0 Å². The first kappa shape index (κ1) is 9.44. The maximum absolute atomic E-state index is 11.2. The van der Waals surface area contributed by atoms with Crippen LogP contribution < -0.4 is 10.1 Å². The Morgan fingerprint density at radius 1 is 1.62 bits per heavy atom. The van der Waals surface area contributed by atoms with E-state index < -0.39 is 0 Å². The van der Waals surface area contributed by atoms with Crippen molar-refractivity contribution in [3.63, 3.8) is 0 Å². The van der Waals surface area contributed by atoms with E-state index in [-0.39, 0.29) is 5.91 Å². The first-order valence-electron chi connectivity index (χ1n) is 3.78. The Balaban J connectivity index is 3.11. The van der Waals surface area contributed by atoms with E-state index in [4.69, 9.17) is 4.74 Å². The number of nitrogens with zero attached hydrogens (tertiary/aromatic N) is 2. The summed E-state index contributed by atoms with van der Waals surface area (Å²) < 4.78 is 4.85. The Hall–Kier alpha value is -1.65. The number of hydrogen-bond donors (Lipinski definition) is 1. The van der Waals surface area contributed by atoms with Crippen molar-refractivity contribution >= 4 is 5.91 Å². The topological polar surface area (TPSA) is 64.1 Å². The third kappa shape index (κ3) is 1.93. The normalized spacial score (nSPS) is 9.46. The van der Waals surface area contributed by atoms with Gasteiger partial charge in [-0.25, -0.2) is 4.98 Å². The van der Waals surface area contributed by atoms with Gasteiger partial charge in [-0.05, 0) is 6.92 Å². The van der Waals surface area contributed by atoms with Crippen LogP contribution in [0.5, 0.6) is 5.88 Å². The summed E-state index contributed by atoms with van der Waals surface area (Å²) in [4.78, 5) is 19.2. The Kier molecular flexibility index (Phi) is 2.79. The van der Waals surface area contributed by atoms with Crippen molar-refractivity contribution in [2.45, 2.75) is 6.92 Å². The van der Waals surface area contributed by atoms with Gasteiger partial charge in [-0.3, -0.25) is 9.78 Å². The predicted octanol–water partition coefficient (Wildman–Crippen LogP) is 0.153. The van der Waals surface area contributed by atoms with E-state index in [1.54, 1.807) is 14.0 Å². The minimum Gasteiger partial charge on any atom is -0.480 e. The number of aryl methyl sites for hydroxylation is 1. The molecule has 70 valence electrons. The van der Waals surface area contributed by atoms with Crippen LogP contribution in [0.25, 0.3) is 0 Å². The van der Waals surface area contributed by atoms with Crippen LogP contribution >= 0.6 is 0 Å². The zero-order chi connectivity index (χ0) is 9.84. The highest BCUT2D eigenvalue weighted by Gasteiger charge is 2.10. The fraction of sp³-hybridized carbons (Fsp3) is 0.375. The van der Waals surface area contributed by atoms with Crippen molar-refractivity contribution in [3.05, 3.63) is 17.6 Å². The minimum atomic E-state index is -0.260. The van der Waals surface area contributed by atoms with Gasteiger partial charge in [0.25, 0.3) is 5.91 Å². The van der Waals surface area contributed by atoms with Crippen LogP contribution in [0.2, 0.25) is 0 Å². The second-order valence-corrected chi connectivity index (χ2v) is 2.43. The fourth-order valence-corrected chi connectivity index (χ4v) is 0.865. The number of carbonyl (C=O) groups excluding carboxylic acids is 1. The van der Waals surface area contributed by atoms with Gasteiger partial charge in [0.1, 0.15) is 0 Å². The standard InChI is InChI=1S/C8H11N3O2/c1-5-7(8(12)9-2)11-6(13-3)4-10-5/h4H,1-3H3,(H,9,12). The summed E-state index contributed by atoms with van der Waals surface area (Å²) in [6.45, 7) is 1.72. The zero-order valence-electron chi connectivity index (χ0n) is 7.79. The Morgan fingerprint density at radius 2 is 2.31 bits per heavy atom. The molecule has 0 saturated carbocycles. The second-order valence-electron chi connectivity index (χ2n) is 2.43. The number of methoxy groups -OCH3 is 1. The van der Waals surface area contributed by atoms with E-state index in [0.29, 0.717) is 17.3 Å². The van der Waals surface area contributed by atoms with Crippen molar-refractivity contribution in [2.24, 2.45) is 0 Å². The molecule has 0 bridgehead atoms. The number of amides is 1. The van der Waals surface area contributed by atoms with Gasteiger partial charge in [-0.15, -0.1) is 0 Å². The first-order chi connectivity index (χ1) is 6.19. The molecule has 1 amide bonds. The Morgan fingerprint density at radius 3 is 2.85 bits per heavy atom. The van der Waals surface area contributed by atoms with Crippen LogP contribution in [0.1, 0.15) is 16.2 Å². The highest BCUT2D eigenvalue weighted by Crippen LogP contribution is 2.07. The zero-order valence-corrected chi connectivity index (χ0v) is 7.79. The summed E-state index contributed by atoms with van der Waals surface area (Å²) in [7, 11) is 3.02. The van der Waals surface area contributed by atoms with Crippen molar-refractivity contribution in [2.75, 3.05) is 14.2 Å². The second kappa shape index (κ2) is 3.84. The van der Waals surface area contributed by atoms with Crippen LogP contribution in [-0.2, 0) is 0 Å². The third-order valence-electron chi connectivity index (χ3n) is 1.58. The molecule has 0 atom stereocenters. The van der Waals surface area contributed by atoms with Gasteiger partial charge in [0.15, 0.2) is 5.69 Å². The first-order valence-corrected chi connectivity index (χ1v) is 3.78. The molecular formula is C8H11N3O2. The van der Waals surface area contributed by atoms with Crippen LogP contribution in [-0.4, -0.2) is 30.0 Å². The molecular weight excluding hydrogens is 170 g/mol. The molecule has 13 heavy (non-hydrogen) atoms. The molecule has 5 heteroatoms. The van der Waals surface area contributed by atoms with Crippen molar-refractivity contribution in [1.82, 2.24) is 15.3 Å². The lowest BCUT2D eigenvalue weighted by Crippen LogP contribution is -2.21. The molecule has 0 aromatic carbocycles. The maximum atomic E-state index is 11.2. The molecule has 1 aromatic rings. The molecule has 0 aliphatic carbocycles. The van der Waals surface area contributed by atoms with Gasteiger partial charge < -0.3 is 10.1 Å². The average Bonchev–Trinajstić information content (AvgIpc) is 2.17. The third-order valence-corrected chi connectivity index (χ3v) is 1.58. The van der Waals surface area contributed by atoms with Crippen molar-refractivity contribution < 1.29 is 9.53 Å². The molecule has 0 spiro atoms. The number of hydrogen-bond acceptors (Lipinski definition) is 4. The molecule has 1 aromatic heterocycles. The minimum absolute atomic E-state index is 0.260. The van der Waals surface area contributed by atoms with Crippen molar-refractivity contribution in [1.29, 1.82) is 0 Å². The number of nitrogens with one attached hydrogen (secondary N) is 1. The lowest BCUT2D eigenvalue weighted by atomic mass is 10.3. The molecule has 0 radical (unpaired) electrons. The van der Waals surface area contributed by atoms with E-state index >= 15 is 0 Å². The SMILES string of the molecule is CNC(=O)c1nc(OC)cnc1C. The largest absolute Gasteiger partial charge is 0.480 e. The predicted molar refractivity (Wildman–Crippen MR) is 46.7 cm³/mol. The quantitative estimate of drug-likeness (QED) is 0.705. The number of carbonyl (C=O) groups is 1. The monoisotopic (exact) mass is 181 g/mol. The molecule has 1 heterocycles. The van der Waals surface area contributed by atoms with Crippen molar-refractivity contribution in [3.8, 4) is 5.88 Å². The summed E-state index contributed by atoms with van der Waals surface area (Å²) in [5.74, 6) is 0.0769. The molecule has 0 aliphatic heterocycles. The smallest absolute Gasteiger partial charge is 0.271 e. The molecule has 0 saturated heterocycles. The number of ether oxygens (including phenoxy) is 1. The molecule has 1 rings (SSSR count). The van der Waals surface area contributed by atoms with Crippen LogP contribution in [0, 0.1) is 6.92 Å². The van der Waals surface area contributed by atoms with Gasteiger partial charge in [-0.1, -0.05) is 0 Å². The van der Waals surface area contributed by atoms with E-state index in [1.807, 2.05) is 0 Å². The van der Waals surface area contributed by atoms with Gasteiger partial charge in [0, 0.05) is 7.05 Å². The fourth-order valence-electron chi connectivity index (χ4n) is 0.865. The Labute approximate surface area is 76.2 Å². The lowest BCUT2D eigenvalue weighted by Gasteiger charge is -2.04. The van der Waals surface area contributed by atoms with E-state index in [1.165, 1.54) is 13.3 Å². The summed E-state index contributed by atoms with van der Waals surface area (Å²) >= 11 is 0. The van der Waals surface area contributed by atoms with Gasteiger partial charge in [0.05, 0.1) is 19.0 Å². The average molecular weight is 181 g/mol. The summed E-state index contributed by atoms with van der Waals surface area (Å²) in [6, 6.07) is 0. The summed E-state index contributed by atoms with van der Waals surface area (Å²) in [5, 5.41) is 2.48.